The van der Waals surface area contributed by atoms with Crippen LogP contribution < -0.4 is 20.5 Å². The molecule has 1 fully saturated rings. The SMILES string of the molecule is CCCOc1c(Cl)cc(CN2CCCCC2CNC(=O)CCN)cc1OC. The van der Waals surface area contributed by atoms with E-state index in [0.29, 0.717) is 48.7 Å². The molecule has 1 amide bonds. The molecule has 0 aliphatic carbocycles. The third-order valence-corrected chi connectivity index (χ3v) is 5.06. The number of rotatable bonds is 10. The highest BCUT2D eigenvalue weighted by atomic mass is 35.5. The lowest BCUT2D eigenvalue weighted by atomic mass is 10.0. The molecule has 6 nitrogen and oxygen atoms in total. The predicted octanol–water partition coefficient (Wildman–Crippen LogP) is 2.96. The van der Waals surface area contributed by atoms with Gasteiger partial charge in [0.1, 0.15) is 0 Å². The van der Waals surface area contributed by atoms with Gasteiger partial charge in [-0.05, 0) is 43.5 Å². The van der Waals surface area contributed by atoms with E-state index in [1.54, 1.807) is 7.11 Å². The maximum atomic E-state index is 11.7. The van der Waals surface area contributed by atoms with Crippen LogP contribution in [-0.4, -0.2) is 50.2 Å². The van der Waals surface area contributed by atoms with E-state index in [1.807, 2.05) is 12.1 Å². The standard InChI is InChI=1S/C20H32ClN3O3/c1-3-10-27-20-17(21)11-15(12-18(20)26-2)14-24-9-5-4-6-16(24)13-23-19(25)7-8-22/h11-12,16H,3-10,13-14,22H2,1-2H3,(H,23,25). The normalized spacial score (nSPS) is 17.6. The summed E-state index contributed by atoms with van der Waals surface area (Å²) in [6.45, 7) is 5.46. The number of nitrogens with one attached hydrogen (secondary N) is 1. The first-order chi connectivity index (χ1) is 13.1. The van der Waals surface area contributed by atoms with E-state index in [-0.39, 0.29) is 5.91 Å². The van der Waals surface area contributed by atoms with Gasteiger partial charge in [0.25, 0.3) is 0 Å². The Morgan fingerprint density at radius 2 is 2.22 bits per heavy atom. The summed E-state index contributed by atoms with van der Waals surface area (Å²) in [4.78, 5) is 14.2. The van der Waals surface area contributed by atoms with Crippen LogP contribution in [0.2, 0.25) is 5.02 Å². The number of halogens is 1. The van der Waals surface area contributed by atoms with Crippen molar-refractivity contribution in [3.63, 3.8) is 0 Å². The topological polar surface area (TPSA) is 76.8 Å². The summed E-state index contributed by atoms with van der Waals surface area (Å²) in [5.41, 5.74) is 6.53. The average molecular weight is 398 g/mol. The van der Waals surface area contributed by atoms with Crippen LogP contribution in [0.1, 0.15) is 44.6 Å². The van der Waals surface area contributed by atoms with Gasteiger partial charge in [0.2, 0.25) is 5.91 Å². The second-order valence-corrected chi connectivity index (χ2v) is 7.33. The van der Waals surface area contributed by atoms with Crippen molar-refractivity contribution < 1.29 is 14.3 Å². The molecule has 1 atom stereocenters. The Balaban J connectivity index is 2.06. The van der Waals surface area contributed by atoms with E-state index >= 15 is 0 Å². The molecule has 1 aromatic rings. The van der Waals surface area contributed by atoms with Gasteiger partial charge >= 0.3 is 0 Å². The fourth-order valence-electron chi connectivity index (χ4n) is 3.39. The molecule has 3 N–H and O–H groups in total. The number of methoxy groups -OCH3 is 1. The first kappa shape index (κ1) is 21.8. The molecule has 1 aliphatic heterocycles. The van der Waals surface area contributed by atoms with Crippen LogP contribution in [0.4, 0.5) is 0 Å². The molecule has 152 valence electrons. The zero-order valence-corrected chi connectivity index (χ0v) is 17.2. The van der Waals surface area contributed by atoms with Gasteiger partial charge in [0, 0.05) is 32.1 Å². The van der Waals surface area contributed by atoms with E-state index < -0.39 is 0 Å². The fourth-order valence-corrected chi connectivity index (χ4v) is 3.68. The Hall–Kier alpha value is -1.50. The van der Waals surface area contributed by atoms with Gasteiger partial charge in [-0.25, -0.2) is 0 Å². The Morgan fingerprint density at radius 3 is 2.93 bits per heavy atom. The highest BCUT2D eigenvalue weighted by Gasteiger charge is 2.24. The van der Waals surface area contributed by atoms with Crippen LogP contribution in [0.5, 0.6) is 11.5 Å². The summed E-state index contributed by atoms with van der Waals surface area (Å²) in [6.07, 6.45) is 4.70. The van der Waals surface area contributed by atoms with Crippen LogP contribution in [0.15, 0.2) is 12.1 Å². The molecule has 1 unspecified atom stereocenters. The molecule has 0 radical (unpaired) electrons. The number of carbonyl (C=O) groups is 1. The van der Waals surface area contributed by atoms with Crippen molar-refractivity contribution >= 4 is 17.5 Å². The molecule has 2 rings (SSSR count). The molecule has 27 heavy (non-hydrogen) atoms. The molecule has 0 aromatic heterocycles. The third kappa shape index (κ3) is 6.55. The second-order valence-electron chi connectivity index (χ2n) is 6.92. The molecule has 7 heteroatoms. The zero-order valence-electron chi connectivity index (χ0n) is 16.4. The van der Waals surface area contributed by atoms with Crippen molar-refractivity contribution in [2.24, 2.45) is 5.73 Å². The minimum atomic E-state index is 0.0187. The maximum absolute atomic E-state index is 11.7. The number of ether oxygens (including phenoxy) is 2. The molecule has 0 saturated carbocycles. The molecule has 1 aliphatic rings. The van der Waals surface area contributed by atoms with Gasteiger partial charge in [-0.2, -0.15) is 0 Å². The van der Waals surface area contributed by atoms with Crippen LogP contribution >= 0.6 is 11.6 Å². The highest BCUT2D eigenvalue weighted by molar-refractivity contribution is 6.32. The minimum absolute atomic E-state index is 0.0187. The molecule has 1 saturated heterocycles. The van der Waals surface area contributed by atoms with Crippen LogP contribution in [0.25, 0.3) is 0 Å². The van der Waals surface area contributed by atoms with Gasteiger partial charge in [0.05, 0.1) is 18.7 Å². The monoisotopic (exact) mass is 397 g/mol. The number of carbonyl (C=O) groups excluding carboxylic acids is 1. The van der Waals surface area contributed by atoms with Crippen LogP contribution in [-0.2, 0) is 11.3 Å². The second kappa shape index (κ2) is 11.4. The summed E-state index contributed by atoms with van der Waals surface area (Å²) in [6, 6.07) is 4.27. The molecular formula is C20H32ClN3O3. The number of benzene rings is 1. The average Bonchev–Trinajstić information content (AvgIpc) is 2.66. The number of nitrogens with zero attached hydrogens (tertiary/aromatic N) is 1. The lowest BCUT2D eigenvalue weighted by Gasteiger charge is -2.36. The summed E-state index contributed by atoms with van der Waals surface area (Å²) in [5.74, 6) is 1.29. The van der Waals surface area contributed by atoms with E-state index in [0.717, 1.165) is 37.9 Å². The van der Waals surface area contributed by atoms with Crippen LogP contribution in [0, 0.1) is 0 Å². The van der Waals surface area contributed by atoms with Crippen molar-refractivity contribution in [3.05, 3.63) is 22.7 Å². The first-order valence-corrected chi connectivity index (χ1v) is 10.2. The summed E-state index contributed by atoms with van der Waals surface area (Å²) >= 11 is 6.45. The predicted molar refractivity (Wildman–Crippen MR) is 109 cm³/mol. The van der Waals surface area contributed by atoms with E-state index in [1.165, 1.54) is 6.42 Å². The Labute approximate surface area is 167 Å². The van der Waals surface area contributed by atoms with Crippen molar-refractivity contribution in [1.82, 2.24) is 10.2 Å². The summed E-state index contributed by atoms with van der Waals surface area (Å²) < 4.78 is 11.2. The lowest BCUT2D eigenvalue weighted by Crippen LogP contribution is -2.46. The minimum Gasteiger partial charge on any atom is -0.493 e. The Morgan fingerprint density at radius 1 is 1.41 bits per heavy atom. The van der Waals surface area contributed by atoms with Gasteiger partial charge in [-0.15, -0.1) is 0 Å². The van der Waals surface area contributed by atoms with E-state index in [9.17, 15) is 4.79 Å². The summed E-state index contributed by atoms with van der Waals surface area (Å²) in [5, 5.41) is 3.58. The molecule has 1 aromatic carbocycles. The maximum Gasteiger partial charge on any atom is 0.221 e. The van der Waals surface area contributed by atoms with E-state index in [2.05, 4.69) is 17.1 Å². The van der Waals surface area contributed by atoms with Crippen molar-refractivity contribution in [2.45, 2.75) is 51.6 Å². The van der Waals surface area contributed by atoms with Gasteiger partial charge in [-0.3, -0.25) is 9.69 Å². The molecule has 0 spiro atoms. The Bertz CT molecular complexity index is 612. The van der Waals surface area contributed by atoms with Crippen molar-refractivity contribution in [2.75, 3.05) is 33.4 Å². The number of nitrogens with two attached hydrogens (primary N) is 1. The quantitative estimate of drug-likeness (QED) is 0.634. The number of hydrogen-bond donors (Lipinski definition) is 2. The Kier molecular flexibility index (Phi) is 9.18. The third-order valence-electron chi connectivity index (χ3n) is 4.78. The molecular weight excluding hydrogens is 366 g/mol. The van der Waals surface area contributed by atoms with Gasteiger partial charge < -0.3 is 20.5 Å². The van der Waals surface area contributed by atoms with Crippen LogP contribution in [0.3, 0.4) is 0 Å². The lowest BCUT2D eigenvalue weighted by molar-refractivity contribution is -0.121. The van der Waals surface area contributed by atoms with Gasteiger partial charge in [-0.1, -0.05) is 24.9 Å². The van der Waals surface area contributed by atoms with Crippen molar-refractivity contribution in [3.8, 4) is 11.5 Å². The fraction of sp³-hybridized carbons (Fsp3) is 0.650. The first-order valence-electron chi connectivity index (χ1n) is 9.79. The summed E-state index contributed by atoms with van der Waals surface area (Å²) in [7, 11) is 1.63. The van der Waals surface area contributed by atoms with Gasteiger partial charge in [0.15, 0.2) is 11.5 Å². The van der Waals surface area contributed by atoms with E-state index in [4.69, 9.17) is 26.8 Å². The highest BCUT2D eigenvalue weighted by Crippen LogP contribution is 2.37. The number of piperidine rings is 1. The largest absolute Gasteiger partial charge is 0.493 e. The van der Waals surface area contributed by atoms with Crippen molar-refractivity contribution in [1.29, 1.82) is 0 Å². The number of hydrogen-bond acceptors (Lipinski definition) is 5. The number of amides is 1. The molecule has 0 bridgehead atoms. The molecule has 1 heterocycles. The zero-order chi connectivity index (χ0) is 19.6. The smallest absolute Gasteiger partial charge is 0.221 e. The number of likely N-dealkylation sites (tertiary alicyclic amines) is 1.